The number of fused-ring (bicyclic) bond motifs is 1. The number of anilines is 1. The fourth-order valence-corrected chi connectivity index (χ4v) is 2.37. The summed E-state index contributed by atoms with van der Waals surface area (Å²) in [5.41, 5.74) is 2.01. The average Bonchev–Trinajstić information content (AvgIpc) is 2.54. The fourth-order valence-electron chi connectivity index (χ4n) is 2.37. The Hall–Kier alpha value is -2.39. The summed E-state index contributed by atoms with van der Waals surface area (Å²) in [6, 6.07) is 7.91. The predicted octanol–water partition coefficient (Wildman–Crippen LogP) is 1.35. The van der Waals surface area contributed by atoms with Gasteiger partial charge >= 0.3 is 0 Å². The lowest BCUT2D eigenvalue weighted by atomic mass is 10.1. The van der Waals surface area contributed by atoms with Gasteiger partial charge in [0, 0.05) is 24.2 Å². The monoisotopic (exact) mass is 270 g/mol. The van der Waals surface area contributed by atoms with Crippen LogP contribution in [0.3, 0.4) is 0 Å². The molecule has 2 heterocycles. The van der Waals surface area contributed by atoms with Gasteiger partial charge in [-0.3, -0.25) is 0 Å². The van der Waals surface area contributed by atoms with E-state index in [0.29, 0.717) is 5.75 Å². The van der Waals surface area contributed by atoms with E-state index in [-0.39, 0.29) is 5.69 Å². The molecule has 6 nitrogen and oxygen atoms in total. The maximum atomic E-state index is 9.07. The van der Waals surface area contributed by atoms with Crippen LogP contribution in [0.15, 0.2) is 18.2 Å². The van der Waals surface area contributed by atoms with Gasteiger partial charge in [0.1, 0.15) is 6.07 Å². The van der Waals surface area contributed by atoms with Crippen LogP contribution in [0.25, 0.3) is 10.9 Å². The first-order chi connectivity index (χ1) is 9.83. The van der Waals surface area contributed by atoms with E-state index in [9.17, 15) is 0 Å². The highest BCUT2D eigenvalue weighted by molar-refractivity contribution is 5.89. The third-order valence-corrected chi connectivity index (χ3v) is 3.38. The number of aromatic nitrogens is 2. The van der Waals surface area contributed by atoms with E-state index in [4.69, 9.17) is 14.7 Å². The summed E-state index contributed by atoms with van der Waals surface area (Å²) < 4.78 is 10.7. The van der Waals surface area contributed by atoms with Crippen LogP contribution in [-0.4, -0.2) is 43.6 Å². The van der Waals surface area contributed by atoms with E-state index in [0.717, 1.165) is 42.9 Å². The van der Waals surface area contributed by atoms with Gasteiger partial charge in [-0.2, -0.15) is 5.26 Å². The summed E-state index contributed by atoms with van der Waals surface area (Å²) in [7, 11) is 1.54. The molecule has 1 aromatic heterocycles. The van der Waals surface area contributed by atoms with Crippen LogP contribution in [0.5, 0.6) is 5.75 Å². The second kappa shape index (κ2) is 5.31. The fraction of sp³-hybridized carbons (Fsp3) is 0.357. The lowest BCUT2D eigenvalue weighted by Gasteiger charge is -2.29. The van der Waals surface area contributed by atoms with Gasteiger partial charge in [0.05, 0.1) is 25.8 Å². The number of nitrogens with zero attached hydrogens (tertiary/aromatic N) is 4. The van der Waals surface area contributed by atoms with E-state index < -0.39 is 0 Å². The summed E-state index contributed by atoms with van der Waals surface area (Å²) >= 11 is 0. The number of hydrogen-bond acceptors (Lipinski definition) is 6. The van der Waals surface area contributed by atoms with Crippen LogP contribution >= 0.6 is 0 Å². The van der Waals surface area contributed by atoms with Gasteiger partial charge in [0.15, 0.2) is 5.75 Å². The van der Waals surface area contributed by atoms with Crippen molar-refractivity contribution in [2.75, 3.05) is 38.3 Å². The molecule has 102 valence electrons. The Morgan fingerprint density at radius 3 is 2.80 bits per heavy atom. The molecule has 1 aliphatic rings. The average molecular weight is 270 g/mol. The van der Waals surface area contributed by atoms with E-state index in [1.165, 1.54) is 0 Å². The molecule has 0 unspecified atom stereocenters. The smallest absolute Gasteiger partial charge is 0.205 e. The lowest BCUT2D eigenvalue weighted by molar-refractivity contribution is 0.122. The Morgan fingerprint density at radius 2 is 2.10 bits per heavy atom. The highest BCUT2D eigenvalue weighted by atomic mass is 16.5. The Bertz CT molecular complexity index is 675. The van der Waals surface area contributed by atoms with Gasteiger partial charge in [-0.1, -0.05) is 0 Å². The number of ether oxygens (including phenoxy) is 2. The van der Waals surface area contributed by atoms with Gasteiger partial charge < -0.3 is 14.4 Å². The van der Waals surface area contributed by atoms with Crippen molar-refractivity contribution in [1.29, 1.82) is 5.26 Å². The summed E-state index contributed by atoms with van der Waals surface area (Å²) in [5.74, 6) is 0.479. The minimum absolute atomic E-state index is 0.208. The number of hydrogen-bond donors (Lipinski definition) is 0. The van der Waals surface area contributed by atoms with Crippen molar-refractivity contribution in [2.24, 2.45) is 0 Å². The topological polar surface area (TPSA) is 71.3 Å². The van der Waals surface area contributed by atoms with Crippen molar-refractivity contribution >= 4 is 16.6 Å². The van der Waals surface area contributed by atoms with E-state index >= 15 is 0 Å². The van der Waals surface area contributed by atoms with E-state index in [1.807, 2.05) is 24.3 Å². The Morgan fingerprint density at radius 1 is 1.30 bits per heavy atom. The first-order valence-electron chi connectivity index (χ1n) is 6.40. The zero-order valence-corrected chi connectivity index (χ0v) is 11.2. The van der Waals surface area contributed by atoms with Gasteiger partial charge in [0.2, 0.25) is 5.69 Å². The second-order valence-corrected chi connectivity index (χ2v) is 4.49. The molecule has 0 saturated carbocycles. The SMILES string of the molecule is COc1c(C#N)nnc2ccc(N3CCOCC3)cc12. The summed E-state index contributed by atoms with van der Waals surface area (Å²) in [6.07, 6.45) is 0. The molecule has 0 N–H and O–H groups in total. The number of methoxy groups -OCH3 is 1. The minimum Gasteiger partial charge on any atom is -0.493 e. The molecule has 0 radical (unpaired) electrons. The molecule has 0 amide bonds. The molecule has 1 aromatic carbocycles. The van der Waals surface area contributed by atoms with Crippen molar-refractivity contribution in [1.82, 2.24) is 10.2 Å². The van der Waals surface area contributed by atoms with Crippen LogP contribution in [0.2, 0.25) is 0 Å². The number of rotatable bonds is 2. The molecule has 2 aromatic rings. The Balaban J connectivity index is 2.11. The minimum atomic E-state index is 0.208. The van der Waals surface area contributed by atoms with Gasteiger partial charge in [-0.05, 0) is 18.2 Å². The van der Waals surface area contributed by atoms with Crippen LogP contribution < -0.4 is 9.64 Å². The summed E-state index contributed by atoms with van der Waals surface area (Å²) in [6.45, 7) is 3.18. The quantitative estimate of drug-likeness (QED) is 0.820. The van der Waals surface area contributed by atoms with Gasteiger partial charge in [-0.15, -0.1) is 10.2 Å². The third-order valence-electron chi connectivity index (χ3n) is 3.38. The molecule has 6 heteroatoms. The maximum Gasteiger partial charge on any atom is 0.205 e. The highest BCUT2D eigenvalue weighted by Crippen LogP contribution is 2.30. The molecular weight excluding hydrogens is 256 g/mol. The predicted molar refractivity (Wildman–Crippen MR) is 73.8 cm³/mol. The van der Waals surface area contributed by atoms with Crippen molar-refractivity contribution in [3.63, 3.8) is 0 Å². The molecule has 0 atom stereocenters. The van der Waals surface area contributed by atoms with Gasteiger partial charge in [-0.25, -0.2) is 0 Å². The standard InChI is InChI=1S/C14H14N4O2/c1-19-14-11-8-10(18-4-6-20-7-5-18)2-3-12(11)16-17-13(14)9-15/h2-3,8H,4-7H2,1H3. The molecule has 3 rings (SSSR count). The number of benzene rings is 1. The van der Waals surface area contributed by atoms with E-state index in [1.54, 1.807) is 7.11 Å². The maximum absolute atomic E-state index is 9.07. The Kier molecular flexibility index (Phi) is 3.35. The van der Waals surface area contributed by atoms with E-state index in [2.05, 4.69) is 15.1 Å². The summed E-state index contributed by atoms with van der Waals surface area (Å²) in [4.78, 5) is 2.24. The molecule has 20 heavy (non-hydrogen) atoms. The first-order valence-corrected chi connectivity index (χ1v) is 6.40. The van der Waals surface area contributed by atoms with Crippen LogP contribution in [0, 0.1) is 11.3 Å². The molecular formula is C14H14N4O2. The third kappa shape index (κ3) is 2.12. The normalized spacial score (nSPS) is 15.1. The zero-order chi connectivity index (χ0) is 13.9. The second-order valence-electron chi connectivity index (χ2n) is 4.49. The molecule has 0 aliphatic carbocycles. The van der Waals surface area contributed by atoms with Crippen molar-refractivity contribution in [3.8, 4) is 11.8 Å². The molecule has 1 aliphatic heterocycles. The van der Waals surface area contributed by atoms with Gasteiger partial charge in [0.25, 0.3) is 0 Å². The lowest BCUT2D eigenvalue weighted by Crippen LogP contribution is -2.36. The zero-order valence-electron chi connectivity index (χ0n) is 11.2. The molecule has 1 fully saturated rings. The van der Waals surface area contributed by atoms with Crippen LogP contribution in [0.4, 0.5) is 5.69 Å². The van der Waals surface area contributed by atoms with Crippen molar-refractivity contribution in [3.05, 3.63) is 23.9 Å². The largest absolute Gasteiger partial charge is 0.493 e. The Labute approximate surface area is 116 Å². The van der Waals surface area contributed by atoms with Crippen LogP contribution in [-0.2, 0) is 4.74 Å². The van der Waals surface area contributed by atoms with Crippen molar-refractivity contribution in [2.45, 2.75) is 0 Å². The van der Waals surface area contributed by atoms with Crippen LogP contribution in [0.1, 0.15) is 5.69 Å². The molecule has 1 saturated heterocycles. The summed E-state index contributed by atoms with van der Waals surface area (Å²) in [5, 5.41) is 17.8. The number of morpholine rings is 1. The van der Waals surface area contributed by atoms with Crippen molar-refractivity contribution < 1.29 is 9.47 Å². The molecule has 0 spiro atoms. The highest BCUT2D eigenvalue weighted by Gasteiger charge is 2.15. The number of nitriles is 1. The first kappa shape index (κ1) is 12.6. The molecule has 0 bridgehead atoms.